The zero-order valence-corrected chi connectivity index (χ0v) is 82.8. The summed E-state index contributed by atoms with van der Waals surface area (Å²) in [5, 5.41) is 0. The minimum Gasteiger partial charge on any atom is -0.256 e. The molecule has 0 saturated heterocycles. The molecule has 0 aliphatic carbocycles. The summed E-state index contributed by atoms with van der Waals surface area (Å²) in [4.78, 5) is 15.5. The van der Waals surface area contributed by atoms with E-state index < -0.39 is 0 Å². The van der Waals surface area contributed by atoms with Crippen molar-refractivity contribution in [2.75, 3.05) is 0 Å². The number of benzene rings is 19. The molecular formula is C141H111N3. The Bertz CT molecular complexity index is 7530. The summed E-state index contributed by atoms with van der Waals surface area (Å²) in [6.45, 7) is 20.5. The highest BCUT2D eigenvalue weighted by Gasteiger charge is 2.27. The Labute approximate surface area is 848 Å². The third-order valence-corrected chi connectivity index (χ3v) is 28.3. The van der Waals surface area contributed by atoms with E-state index >= 15 is 0 Å². The lowest BCUT2D eigenvalue weighted by Crippen LogP contribution is -2.11. The summed E-state index contributed by atoms with van der Waals surface area (Å²) in [6.07, 6.45) is 5.93. The minimum absolute atomic E-state index is 0.115. The van der Waals surface area contributed by atoms with Gasteiger partial charge in [-0.3, -0.25) is 15.0 Å². The van der Waals surface area contributed by atoms with Crippen molar-refractivity contribution in [3.63, 3.8) is 0 Å². The van der Waals surface area contributed by atoms with Crippen molar-refractivity contribution in [1.29, 1.82) is 0 Å². The van der Waals surface area contributed by atoms with E-state index in [-0.39, 0.29) is 16.2 Å². The first kappa shape index (κ1) is 91.7. The maximum absolute atomic E-state index is 5.18. The van der Waals surface area contributed by atoms with Gasteiger partial charge in [0.05, 0.1) is 17.1 Å². The molecule has 0 atom stereocenters. The van der Waals surface area contributed by atoms with E-state index in [4.69, 9.17) is 15.0 Å². The Kier molecular flexibility index (Phi) is 25.1. The zero-order valence-electron chi connectivity index (χ0n) is 82.8. The molecule has 3 nitrogen and oxygen atoms in total. The van der Waals surface area contributed by atoms with Gasteiger partial charge in [0.1, 0.15) is 0 Å². The molecular weight excluding hydrogens is 1740 g/mol. The predicted molar refractivity (Wildman–Crippen MR) is 610 cm³/mol. The fourth-order valence-electron chi connectivity index (χ4n) is 20.5. The zero-order chi connectivity index (χ0) is 98.0. The van der Waals surface area contributed by atoms with Gasteiger partial charge in [0.15, 0.2) is 0 Å². The van der Waals surface area contributed by atoms with Crippen LogP contribution >= 0.6 is 0 Å². The van der Waals surface area contributed by atoms with Gasteiger partial charge in [-0.1, -0.05) is 408 Å². The average Bonchev–Trinajstić information content (AvgIpc) is 0.744. The summed E-state index contributed by atoms with van der Waals surface area (Å²) < 4.78 is 0. The fourth-order valence-corrected chi connectivity index (χ4v) is 20.5. The van der Waals surface area contributed by atoms with E-state index in [0.29, 0.717) is 0 Å². The Balaban J connectivity index is 0.769. The van der Waals surface area contributed by atoms with Gasteiger partial charge >= 0.3 is 0 Å². The highest BCUT2D eigenvalue weighted by molar-refractivity contribution is 6.02. The monoisotopic (exact) mass is 1850 g/mol. The standard InChI is InChI=1S/C141H111N3/c1-139(2,3)121-67-70-142-136(91-121)106-61-64-130(133(88-106)103-52-34-49-100(73-103)115-79-109(94-37-16-10-17-38-94)76-110(80-115)95-39-18-11-19-40-95)127-58-31-28-55-124(127)118-85-119(125-56-29-32-59-128(125)131-65-62-107(137-92-122(68-71-143-137)140(4,5)6)89-134(131)104-53-35-50-101(74-104)116-81-111(96-41-20-12-21-42-96)77-112(82-116)97-43-22-13-23-44-97)87-120(86-118)126-57-30-33-60-129(126)132-66-63-108(138-93-123(69-72-144-138)141(7,8)9)90-135(132)105-54-36-51-102(75-105)117-83-113(98-45-24-14-25-46-98)78-114(84-117)99-47-26-15-27-48-99/h10-93H,1-9H3. The van der Waals surface area contributed by atoms with Crippen LogP contribution in [0.2, 0.25) is 0 Å². The summed E-state index contributed by atoms with van der Waals surface area (Å²) >= 11 is 0. The highest BCUT2D eigenvalue weighted by Crippen LogP contribution is 2.51. The second-order valence-electron chi connectivity index (χ2n) is 41.1. The molecule has 0 radical (unpaired) electrons. The highest BCUT2D eigenvalue weighted by atomic mass is 14.7. The summed E-state index contributed by atoms with van der Waals surface area (Å²) in [7, 11) is 0. The van der Waals surface area contributed by atoms with E-state index in [9.17, 15) is 0 Å². The number of pyridine rings is 3. The van der Waals surface area contributed by atoms with Crippen LogP contribution in [0.5, 0.6) is 0 Å². The van der Waals surface area contributed by atoms with Gasteiger partial charge in [-0.2, -0.15) is 0 Å². The summed E-state index contributed by atoms with van der Waals surface area (Å²) in [5.41, 5.74) is 49.2. The maximum atomic E-state index is 5.18. The molecule has 690 valence electrons. The molecule has 0 N–H and O–H groups in total. The largest absolute Gasteiger partial charge is 0.256 e. The minimum atomic E-state index is -0.115. The summed E-state index contributed by atoms with van der Waals surface area (Å²) in [6, 6.07) is 183. The topological polar surface area (TPSA) is 38.7 Å². The predicted octanol–water partition coefficient (Wildman–Crippen LogP) is 38.8. The van der Waals surface area contributed by atoms with Gasteiger partial charge in [0, 0.05) is 35.3 Å². The van der Waals surface area contributed by atoms with Crippen LogP contribution in [0.3, 0.4) is 0 Å². The molecule has 22 aromatic rings. The van der Waals surface area contributed by atoms with Crippen molar-refractivity contribution in [1.82, 2.24) is 15.0 Å². The summed E-state index contributed by atoms with van der Waals surface area (Å²) in [5.74, 6) is 0. The van der Waals surface area contributed by atoms with Crippen LogP contribution in [0.15, 0.2) is 510 Å². The first-order valence-corrected chi connectivity index (χ1v) is 50.1. The second-order valence-corrected chi connectivity index (χ2v) is 41.1. The van der Waals surface area contributed by atoms with Crippen LogP contribution in [-0.2, 0) is 16.2 Å². The van der Waals surface area contributed by atoms with Crippen LogP contribution in [0, 0.1) is 0 Å². The molecule has 144 heavy (non-hydrogen) atoms. The first-order chi connectivity index (χ1) is 70.2. The molecule has 0 bridgehead atoms. The smallest absolute Gasteiger partial charge is 0.0705 e. The second kappa shape index (κ2) is 39.4. The molecule has 0 aliphatic heterocycles. The molecule has 3 heteroatoms. The molecule has 0 amide bonds. The molecule has 22 rings (SSSR count). The molecule has 3 aromatic heterocycles. The number of hydrogen-bond acceptors (Lipinski definition) is 3. The van der Waals surface area contributed by atoms with Crippen molar-refractivity contribution >= 4 is 0 Å². The number of rotatable bonds is 21. The van der Waals surface area contributed by atoms with Crippen molar-refractivity contribution < 1.29 is 0 Å². The lowest BCUT2D eigenvalue weighted by atomic mass is 9.82. The first-order valence-electron chi connectivity index (χ1n) is 50.1. The van der Waals surface area contributed by atoms with Crippen LogP contribution in [0.4, 0.5) is 0 Å². The third kappa shape index (κ3) is 19.5. The Morgan fingerprint density at radius 2 is 0.285 bits per heavy atom. The van der Waals surface area contributed by atoms with Crippen molar-refractivity contribution in [2.45, 2.75) is 78.6 Å². The van der Waals surface area contributed by atoms with Gasteiger partial charge in [-0.25, -0.2) is 0 Å². The molecule has 0 fully saturated rings. The molecule has 3 heterocycles. The van der Waals surface area contributed by atoms with Crippen LogP contribution in [-0.4, -0.2) is 15.0 Å². The lowest BCUT2D eigenvalue weighted by molar-refractivity contribution is 0.589. The lowest BCUT2D eigenvalue weighted by Gasteiger charge is -2.22. The van der Waals surface area contributed by atoms with E-state index in [1.165, 1.54) is 16.7 Å². The van der Waals surface area contributed by atoms with Crippen molar-refractivity contribution in [2.24, 2.45) is 0 Å². The molecule has 0 spiro atoms. The number of hydrogen-bond donors (Lipinski definition) is 0. The average molecular weight is 1850 g/mol. The van der Waals surface area contributed by atoms with Gasteiger partial charge in [0.2, 0.25) is 0 Å². The van der Waals surface area contributed by atoms with Gasteiger partial charge in [-0.05, 0) is 379 Å². The molecule has 19 aromatic carbocycles. The number of aromatic nitrogens is 3. The normalized spacial score (nSPS) is 11.6. The van der Waals surface area contributed by atoms with E-state index in [1.54, 1.807) is 0 Å². The van der Waals surface area contributed by atoms with Gasteiger partial charge < -0.3 is 0 Å². The maximum Gasteiger partial charge on any atom is 0.0705 e. The van der Waals surface area contributed by atoms with E-state index in [2.05, 4.69) is 554 Å². The van der Waals surface area contributed by atoms with E-state index in [0.717, 1.165) is 234 Å². The molecule has 0 aliphatic rings. The third-order valence-electron chi connectivity index (χ3n) is 28.3. The molecule has 0 unspecified atom stereocenters. The van der Waals surface area contributed by atoms with Crippen LogP contribution < -0.4 is 0 Å². The Hall–Kier alpha value is -17.4. The Morgan fingerprint density at radius 1 is 0.111 bits per heavy atom. The SMILES string of the molecule is CC(C)(C)c1ccnc(-c2ccc(-c3ccccc3-c3cc(-c4ccccc4-c4ccc(-c5cc(C(C)(C)C)ccn5)cc4-c4cccc(-c5cc(-c6ccccc6)cc(-c6ccccc6)c5)c4)cc(-c4ccccc4-c4ccc(-c5cc(C(C)(C)C)ccn5)cc4-c4cccc(-c5cc(-c6ccccc6)cc(-c6ccccc6)c5)c4)c3)c(-c3cccc(-c4cc(-c5ccccc5)cc(-c5ccccc5)c4)c3)c2)c1. The Morgan fingerprint density at radius 3 is 0.507 bits per heavy atom. The molecule has 0 saturated carbocycles. The van der Waals surface area contributed by atoms with Gasteiger partial charge in [-0.15, -0.1) is 0 Å². The quantitative estimate of drug-likeness (QED) is 0.0720. The van der Waals surface area contributed by atoms with Crippen LogP contribution in [0.1, 0.15) is 79.0 Å². The van der Waals surface area contributed by atoms with E-state index in [1.807, 2.05) is 18.6 Å². The van der Waals surface area contributed by atoms with Crippen molar-refractivity contribution in [3.8, 4) is 234 Å². The van der Waals surface area contributed by atoms with Gasteiger partial charge in [0.25, 0.3) is 0 Å². The number of nitrogens with zero attached hydrogens (tertiary/aromatic N) is 3. The van der Waals surface area contributed by atoms with Crippen LogP contribution in [0.25, 0.3) is 234 Å². The van der Waals surface area contributed by atoms with Crippen molar-refractivity contribution in [3.05, 3.63) is 527 Å². The fraction of sp³-hybridized carbons (Fsp3) is 0.0851.